The zero-order valence-electron chi connectivity index (χ0n) is 12.8. The molecule has 4 heteroatoms. The Bertz CT molecular complexity index is 373. The van der Waals surface area contributed by atoms with E-state index in [1.807, 2.05) is 0 Å². The lowest BCUT2D eigenvalue weighted by molar-refractivity contribution is 0.0851. The van der Waals surface area contributed by atoms with Crippen molar-refractivity contribution in [2.45, 2.75) is 25.3 Å². The molecule has 1 heterocycles. The molecule has 3 N–H and O–H groups in total. The second-order valence-electron chi connectivity index (χ2n) is 5.90. The van der Waals surface area contributed by atoms with Crippen molar-refractivity contribution in [1.29, 1.82) is 0 Å². The van der Waals surface area contributed by atoms with E-state index in [-0.39, 0.29) is 0 Å². The summed E-state index contributed by atoms with van der Waals surface area (Å²) in [5.41, 5.74) is 10.9. The number of nitrogens with one attached hydrogen (secondary N) is 1. The highest BCUT2D eigenvalue weighted by Crippen LogP contribution is 2.20. The fourth-order valence-corrected chi connectivity index (χ4v) is 2.74. The highest BCUT2D eigenvalue weighted by molar-refractivity contribution is 5.18. The number of piperazine rings is 1. The summed E-state index contributed by atoms with van der Waals surface area (Å²) in [4.78, 5) is 2.36. The number of nitrogens with two attached hydrogens (primary N) is 1. The fraction of sp³-hybridized carbons (Fsp3) is 0.625. The Morgan fingerprint density at radius 2 is 1.80 bits per heavy atom. The van der Waals surface area contributed by atoms with Crippen LogP contribution < -0.4 is 11.2 Å². The standard InChI is InChI=1S/C16H28N4/c1-14(15-6-4-3-5-7-15)12-16(13-17)18-20-10-8-19(2)9-11-20/h3-7,14,16,18H,8-13,17H2,1-2H3. The van der Waals surface area contributed by atoms with Gasteiger partial charge in [-0.1, -0.05) is 37.3 Å². The van der Waals surface area contributed by atoms with Gasteiger partial charge in [0.05, 0.1) is 0 Å². The third kappa shape index (κ3) is 4.56. The van der Waals surface area contributed by atoms with Gasteiger partial charge in [-0.15, -0.1) is 0 Å². The number of hydrogen-bond donors (Lipinski definition) is 2. The average Bonchev–Trinajstić information content (AvgIpc) is 2.49. The minimum atomic E-state index is 0.355. The van der Waals surface area contributed by atoms with Gasteiger partial charge in [-0.2, -0.15) is 0 Å². The summed E-state index contributed by atoms with van der Waals surface area (Å²) in [7, 11) is 2.18. The summed E-state index contributed by atoms with van der Waals surface area (Å²) in [6.07, 6.45) is 1.08. The van der Waals surface area contributed by atoms with Crippen molar-refractivity contribution in [3.63, 3.8) is 0 Å². The van der Waals surface area contributed by atoms with Crippen LogP contribution in [0, 0.1) is 0 Å². The Kier molecular flexibility index (Phi) is 5.98. The Morgan fingerprint density at radius 1 is 1.15 bits per heavy atom. The third-order valence-corrected chi connectivity index (χ3v) is 4.16. The van der Waals surface area contributed by atoms with Gasteiger partial charge in [0, 0.05) is 38.8 Å². The molecule has 1 aliphatic rings. The number of benzene rings is 1. The molecule has 2 unspecified atom stereocenters. The number of nitrogens with zero attached hydrogens (tertiary/aromatic N) is 2. The van der Waals surface area contributed by atoms with Crippen LogP contribution in [-0.4, -0.2) is 55.7 Å². The molecule has 0 spiro atoms. The van der Waals surface area contributed by atoms with Crippen LogP contribution in [0.15, 0.2) is 30.3 Å². The first-order chi connectivity index (χ1) is 9.69. The average molecular weight is 276 g/mol. The lowest BCUT2D eigenvalue weighted by Gasteiger charge is -2.35. The molecule has 4 nitrogen and oxygen atoms in total. The quantitative estimate of drug-likeness (QED) is 0.821. The molecule has 0 amide bonds. The SMILES string of the molecule is CC(CC(CN)NN1CCN(C)CC1)c1ccccc1. The van der Waals surface area contributed by atoms with Crippen molar-refractivity contribution in [3.8, 4) is 0 Å². The predicted molar refractivity (Wildman–Crippen MR) is 84.5 cm³/mol. The molecule has 0 saturated carbocycles. The minimum Gasteiger partial charge on any atom is -0.329 e. The molecule has 0 aliphatic carbocycles. The molecule has 0 aromatic heterocycles. The molecule has 1 fully saturated rings. The Hall–Kier alpha value is -0.940. The topological polar surface area (TPSA) is 44.5 Å². The molecule has 1 aromatic rings. The lowest BCUT2D eigenvalue weighted by atomic mass is 9.94. The smallest absolute Gasteiger partial charge is 0.0343 e. The molecular formula is C16H28N4. The molecule has 1 saturated heterocycles. The fourth-order valence-electron chi connectivity index (χ4n) is 2.74. The second kappa shape index (κ2) is 7.74. The maximum Gasteiger partial charge on any atom is 0.0343 e. The summed E-state index contributed by atoms with van der Waals surface area (Å²) < 4.78 is 0. The summed E-state index contributed by atoms with van der Waals surface area (Å²) >= 11 is 0. The van der Waals surface area contributed by atoms with E-state index in [1.165, 1.54) is 5.56 Å². The third-order valence-electron chi connectivity index (χ3n) is 4.16. The first kappa shape index (κ1) is 15.4. The van der Waals surface area contributed by atoms with Crippen LogP contribution in [0.2, 0.25) is 0 Å². The van der Waals surface area contributed by atoms with E-state index in [0.717, 1.165) is 32.6 Å². The normalized spacial score (nSPS) is 20.8. The van der Waals surface area contributed by atoms with E-state index in [9.17, 15) is 0 Å². The zero-order valence-corrected chi connectivity index (χ0v) is 12.8. The van der Waals surface area contributed by atoms with Gasteiger partial charge >= 0.3 is 0 Å². The Morgan fingerprint density at radius 3 is 2.40 bits per heavy atom. The van der Waals surface area contributed by atoms with Crippen LogP contribution in [0.25, 0.3) is 0 Å². The van der Waals surface area contributed by atoms with Gasteiger partial charge in [0.1, 0.15) is 0 Å². The Balaban J connectivity index is 1.83. The molecule has 0 bridgehead atoms. The summed E-state index contributed by atoms with van der Waals surface area (Å²) in [5.74, 6) is 0.532. The maximum absolute atomic E-state index is 5.94. The summed E-state index contributed by atoms with van der Waals surface area (Å²) in [6, 6.07) is 11.0. The van der Waals surface area contributed by atoms with Gasteiger partial charge < -0.3 is 10.6 Å². The van der Waals surface area contributed by atoms with Crippen molar-refractivity contribution in [2.75, 3.05) is 39.8 Å². The molecule has 0 radical (unpaired) electrons. The van der Waals surface area contributed by atoms with E-state index in [4.69, 9.17) is 5.73 Å². The van der Waals surface area contributed by atoms with E-state index in [1.54, 1.807) is 0 Å². The summed E-state index contributed by atoms with van der Waals surface area (Å²) in [5, 5.41) is 2.33. The monoisotopic (exact) mass is 276 g/mol. The molecular weight excluding hydrogens is 248 g/mol. The Labute approximate surface area is 122 Å². The van der Waals surface area contributed by atoms with Crippen LogP contribution in [0.5, 0.6) is 0 Å². The van der Waals surface area contributed by atoms with Gasteiger partial charge in [-0.3, -0.25) is 5.43 Å². The number of rotatable bonds is 6. The number of hydrogen-bond acceptors (Lipinski definition) is 4. The second-order valence-corrected chi connectivity index (χ2v) is 5.90. The van der Waals surface area contributed by atoms with Gasteiger partial charge in [0.2, 0.25) is 0 Å². The highest BCUT2D eigenvalue weighted by Gasteiger charge is 2.19. The first-order valence-electron chi connectivity index (χ1n) is 7.63. The highest BCUT2D eigenvalue weighted by atomic mass is 15.5. The molecule has 1 aromatic carbocycles. The van der Waals surface area contributed by atoms with Crippen molar-refractivity contribution in [1.82, 2.24) is 15.3 Å². The van der Waals surface area contributed by atoms with Crippen molar-refractivity contribution >= 4 is 0 Å². The maximum atomic E-state index is 5.94. The number of hydrazine groups is 1. The molecule has 2 atom stereocenters. The molecule has 2 rings (SSSR count). The molecule has 20 heavy (non-hydrogen) atoms. The van der Waals surface area contributed by atoms with Crippen LogP contribution in [-0.2, 0) is 0 Å². The predicted octanol–water partition coefficient (Wildman–Crippen LogP) is 1.26. The van der Waals surface area contributed by atoms with Crippen LogP contribution in [0.1, 0.15) is 24.8 Å². The van der Waals surface area contributed by atoms with Crippen LogP contribution in [0.3, 0.4) is 0 Å². The van der Waals surface area contributed by atoms with Gasteiger partial charge in [-0.05, 0) is 24.9 Å². The van der Waals surface area contributed by atoms with Crippen molar-refractivity contribution in [3.05, 3.63) is 35.9 Å². The van der Waals surface area contributed by atoms with E-state index < -0.39 is 0 Å². The molecule has 112 valence electrons. The largest absolute Gasteiger partial charge is 0.329 e. The van der Waals surface area contributed by atoms with E-state index in [2.05, 4.69) is 59.6 Å². The van der Waals surface area contributed by atoms with Gasteiger partial charge in [0.25, 0.3) is 0 Å². The first-order valence-corrected chi connectivity index (χ1v) is 7.63. The number of likely N-dealkylation sites (N-methyl/N-ethyl adjacent to an activating group) is 1. The zero-order chi connectivity index (χ0) is 14.4. The van der Waals surface area contributed by atoms with Gasteiger partial charge in [0.15, 0.2) is 0 Å². The van der Waals surface area contributed by atoms with E-state index >= 15 is 0 Å². The van der Waals surface area contributed by atoms with Crippen molar-refractivity contribution in [2.24, 2.45) is 5.73 Å². The summed E-state index contributed by atoms with van der Waals surface area (Å²) in [6.45, 7) is 7.36. The van der Waals surface area contributed by atoms with Crippen molar-refractivity contribution < 1.29 is 0 Å². The van der Waals surface area contributed by atoms with E-state index in [0.29, 0.717) is 18.5 Å². The van der Waals surface area contributed by atoms with Crippen LogP contribution in [0.4, 0.5) is 0 Å². The lowest BCUT2D eigenvalue weighted by Crippen LogP contribution is -2.55. The minimum absolute atomic E-state index is 0.355. The van der Waals surface area contributed by atoms with Crippen LogP contribution >= 0.6 is 0 Å². The van der Waals surface area contributed by atoms with Gasteiger partial charge in [-0.25, -0.2) is 5.01 Å². The molecule has 1 aliphatic heterocycles.